The first-order valence-corrected chi connectivity index (χ1v) is 7.22. The number of H-pyrrole nitrogens is 1. The molecular weight excluding hydrogens is 314 g/mol. The van der Waals surface area contributed by atoms with Crippen molar-refractivity contribution >= 4 is 29.4 Å². The van der Waals surface area contributed by atoms with Gasteiger partial charge in [-0.05, 0) is 26.3 Å². The van der Waals surface area contributed by atoms with Crippen LogP contribution in [0.5, 0.6) is 0 Å². The summed E-state index contributed by atoms with van der Waals surface area (Å²) < 4.78 is 0. The standard InChI is InChI=1S/C16H17N3O5/c1-5-6-18-14(22)15(23)19(16(18)24)7-11(21)13-8(2)12(10(4)20)9(3)17-13/h5,17H,1,6-7H2,2-4H3. The molecule has 0 aromatic carbocycles. The van der Waals surface area contributed by atoms with Gasteiger partial charge in [-0.25, -0.2) is 9.69 Å². The number of Topliss-reactive ketones (excluding diaryl/α,β-unsaturated/α-hetero) is 2. The molecule has 1 saturated heterocycles. The minimum Gasteiger partial charge on any atom is -0.355 e. The fraction of sp³-hybridized carbons (Fsp3) is 0.312. The Labute approximate surface area is 138 Å². The number of ketones is 2. The average molecular weight is 331 g/mol. The zero-order valence-corrected chi connectivity index (χ0v) is 13.6. The van der Waals surface area contributed by atoms with Gasteiger partial charge in [0.25, 0.3) is 0 Å². The molecular formula is C16H17N3O5. The number of carbonyl (C=O) groups excluding carboxylic acids is 5. The normalized spacial score (nSPS) is 14.5. The molecule has 4 amide bonds. The number of aryl methyl sites for hydroxylation is 1. The lowest BCUT2D eigenvalue weighted by Crippen LogP contribution is -2.37. The quantitative estimate of drug-likeness (QED) is 0.362. The minimum absolute atomic E-state index is 0.108. The molecule has 0 unspecified atom stereocenters. The van der Waals surface area contributed by atoms with Gasteiger partial charge in [-0.15, -0.1) is 6.58 Å². The Hall–Kier alpha value is -3.03. The number of urea groups is 1. The maximum Gasteiger partial charge on any atom is 0.334 e. The number of rotatable bonds is 6. The first kappa shape index (κ1) is 17.3. The Bertz CT molecular complexity index is 790. The van der Waals surface area contributed by atoms with Gasteiger partial charge in [-0.3, -0.25) is 24.1 Å². The fourth-order valence-electron chi connectivity index (χ4n) is 2.76. The van der Waals surface area contributed by atoms with E-state index in [1.807, 2.05) is 0 Å². The summed E-state index contributed by atoms with van der Waals surface area (Å²) in [5.74, 6) is -2.79. The lowest BCUT2D eigenvalue weighted by Gasteiger charge is -2.13. The van der Waals surface area contributed by atoms with E-state index in [2.05, 4.69) is 11.6 Å². The smallest absolute Gasteiger partial charge is 0.334 e. The number of nitrogens with one attached hydrogen (secondary N) is 1. The Kier molecular flexibility index (Phi) is 4.50. The summed E-state index contributed by atoms with van der Waals surface area (Å²) in [5.41, 5.74) is 1.54. The highest BCUT2D eigenvalue weighted by atomic mass is 16.2. The van der Waals surface area contributed by atoms with Crippen molar-refractivity contribution < 1.29 is 24.0 Å². The summed E-state index contributed by atoms with van der Waals surface area (Å²) in [7, 11) is 0. The molecule has 0 spiro atoms. The van der Waals surface area contributed by atoms with E-state index < -0.39 is 30.2 Å². The van der Waals surface area contributed by atoms with Crippen molar-refractivity contribution in [3.8, 4) is 0 Å². The number of amides is 4. The molecule has 1 aliphatic rings. The second-order valence-electron chi connectivity index (χ2n) is 5.48. The van der Waals surface area contributed by atoms with Crippen molar-refractivity contribution in [2.75, 3.05) is 13.1 Å². The summed E-state index contributed by atoms with van der Waals surface area (Å²) in [6, 6.07) is -0.856. The van der Waals surface area contributed by atoms with Crippen molar-refractivity contribution in [2.24, 2.45) is 0 Å². The Morgan fingerprint density at radius 2 is 1.71 bits per heavy atom. The van der Waals surface area contributed by atoms with Crippen molar-refractivity contribution in [2.45, 2.75) is 20.8 Å². The van der Waals surface area contributed by atoms with Crippen LogP contribution in [-0.2, 0) is 9.59 Å². The SMILES string of the molecule is C=CCN1C(=O)C(=O)N(CC(=O)c2[nH]c(C)c(C(C)=O)c2C)C1=O. The van der Waals surface area contributed by atoms with Crippen molar-refractivity contribution in [3.63, 3.8) is 0 Å². The summed E-state index contributed by atoms with van der Waals surface area (Å²) in [4.78, 5) is 63.9. The maximum absolute atomic E-state index is 12.4. The molecule has 0 atom stereocenters. The third-order valence-electron chi connectivity index (χ3n) is 3.82. The van der Waals surface area contributed by atoms with Crippen LogP contribution in [0.3, 0.4) is 0 Å². The van der Waals surface area contributed by atoms with Crippen molar-refractivity contribution in [3.05, 3.63) is 35.2 Å². The van der Waals surface area contributed by atoms with E-state index in [9.17, 15) is 24.0 Å². The molecule has 0 saturated carbocycles. The van der Waals surface area contributed by atoms with E-state index in [0.717, 1.165) is 4.90 Å². The molecule has 8 nitrogen and oxygen atoms in total. The van der Waals surface area contributed by atoms with Crippen LogP contribution in [0.2, 0.25) is 0 Å². The Balaban J connectivity index is 2.28. The molecule has 2 rings (SSSR count). The number of hydrogen-bond acceptors (Lipinski definition) is 5. The number of nitrogens with zero attached hydrogens (tertiary/aromatic N) is 2. The first-order chi connectivity index (χ1) is 11.2. The van der Waals surface area contributed by atoms with E-state index >= 15 is 0 Å². The number of hydrogen-bond donors (Lipinski definition) is 1. The molecule has 1 aliphatic heterocycles. The highest BCUT2D eigenvalue weighted by molar-refractivity contribution is 6.45. The summed E-state index contributed by atoms with van der Waals surface area (Å²) in [6.45, 7) is 7.38. The molecule has 1 aromatic rings. The number of carbonyl (C=O) groups is 5. The Morgan fingerprint density at radius 1 is 1.12 bits per heavy atom. The number of imide groups is 2. The van der Waals surface area contributed by atoms with E-state index in [-0.39, 0.29) is 18.0 Å². The summed E-state index contributed by atoms with van der Waals surface area (Å²) in [5, 5.41) is 0. The number of aromatic amines is 1. The van der Waals surface area contributed by atoms with Gasteiger partial charge in [0.05, 0.1) is 12.2 Å². The van der Waals surface area contributed by atoms with Crippen LogP contribution in [0.15, 0.2) is 12.7 Å². The maximum atomic E-state index is 12.4. The zero-order valence-electron chi connectivity index (χ0n) is 13.6. The van der Waals surface area contributed by atoms with E-state index in [4.69, 9.17) is 0 Å². The predicted molar refractivity (Wildman–Crippen MR) is 83.6 cm³/mol. The molecule has 8 heteroatoms. The monoisotopic (exact) mass is 331 g/mol. The molecule has 24 heavy (non-hydrogen) atoms. The molecule has 0 radical (unpaired) electrons. The van der Waals surface area contributed by atoms with Gasteiger partial charge in [-0.1, -0.05) is 6.08 Å². The third kappa shape index (κ3) is 2.66. The summed E-state index contributed by atoms with van der Waals surface area (Å²) >= 11 is 0. The molecule has 126 valence electrons. The molecule has 0 bridgehead atoms. The van der Waals surface area contributed by atoms with Gasteiger partial charge in [0.15, 0.2) is 11.6 Å². The lowest BCUT2D eigenvalue weighted by molar-refractivity contribution is -0.142. The fourth-order valence-corrected chi connectivity index (χ4v) is 2.76. The Morgan fingerprint density at radius 3 is 2.21 bits per heavy atom. The zero-order chi connectivity index (χ0) is 18.2. The van der Waals surface area contributed by atoms with Crippen LogP contribution < -0.4 is 0 Å². The largest absolute Gasteiger partial charge is 0.355 e. The van der Waals surface area contributed by atoms with Gasteiger partial charge < -0.3 is 4.98 Å². The molecule has 2 heterocycles. The second kappa shape index (κ2) is 6.23. The van der Waals surface area contributed by atoms with E-state index in [1.165, 1.54) is 13.0 Å². The molecule has 1 aromatic heterocycles. The van der Waals surface area contributed by atoms with Crippen molar-refractivity contribution in [1.29, 1.82) is 0 Å². The molecule has 1 fully saturated rings. The van der Waals surface area contributed by atoms with Crippen LogP contribution in [0.4, 0.5) is 4.79 Å². The first-order valence-electron chi connectivity index (χ1n) is 7.22. The number of aromatic nitrogens is 1. The molecule has 1 N–H and O–H groups in total. The van der Waals surface area contributed by atoms with E-state index in [0.29, 0.717) is 21.7 Å². The van der Waals surface area contributed by atoms with Gasteiger partial charge in [-0.2, -0.15) is 0 Å². The van der Waals surface area contributed by atoms with Gasteiger partial charge in [0, 0.05) is 17.8 Å². The van der Waals surface area contributed by atoms with Gasteiger partial charge in [0.1, 0.15) is 0 Å². The van der Waals surface area contributed by atoms with Crippen LogP contribution in [0.25, 0.3) is 0 Å². The lowest BCUT2D eigenvalue weighted by atomic mass is 10.1. The van der Waals surface area contributed by atoms with Gasteiger partial charge >= 0.3 is 17.8 Å². The third-order valence-corrected chi connectivity index (χ3v) is 3.82. The van der Waals surface area contributed by atoms with Crippen LogP contribution in [-0.4, -0.2) is 57.3 Å². The second-order valence-corrected chi connectivity index (χ2v) is 5.48. The van der Waals surface area contributed by atoms with Crippen molar-refractivity contribution in [1.82, 2.24) is 14.8 Å². The average Bonchev–Trinajstić information content (AvgIpc) is 2.91. The topological polar surface area (TPSA) is 108 Å². The van der Waals surface area contributed by atoms with E-state index in [1.54, 1.807) is 13.8 Å². The van der Waals surface area contributed by atoms with Crippen LogP contribution in [0, 0.1) is 13.8 Å². The summed E-state index contributed by atoms with van der Waals surface area (Å²) in [6.07, 6.45) is 1.31. The molecule has 0 aliphatic carbocycles. The highest BCUT2D eigenvalue weighted by Gasteiger charge is 2.44. The van der Waals surface area contributed by atoms with Gasteiger partial charge in [0.2, 0.25) is 0 Å². The van der Waals surface area contributed by atoms with Crippen LogP contribution >= 0.6 is 0 Å². The highest BCUT2D eigenvalue weighted by Crippen LogP contribution is 2.20. The predicted octanol–water partition coefficient (Wildman–Crippen LogP) is 0.994. The van der Waals surface area contributed by atoms with Crippen LogP contribution in [0.1, 0.15) is 39.0 Å². The minimum atomic E-state index is -1.05.